The number of fused-ring (bicyclic) bond motifs is 1. The minimum Gasteiger partial charge on any atom is -0.486 e. The molecule has 20 heavy (non-hydrogen) atoms. The summed E-state index contributed by atoms with van der Waals surface area (Å²) in [6.07, 6.45) is 0.337. The standard InChI is InChI=1S/C15H21NO4/c1-3-18-15(17)6-7-16-9-12-10-19-14-8-11(2)4-5-13(14)20-12/h4-5,8,12,16H,3,6-7,9-10H2,1-2H3. The maximum Gasteiger partial charge on any atom is 0.307 e. The number of ether oxygens (including phenoxy) is 3. The topological polar surface area (TPSA) is 56.8 Å². The minimum absolute atomic E-state index is 0.0348. The van der Waals surface area contributed by atoms with Gasteiger partial charge in [-0.05, 0) is 31.5 Å². The van der Waals surface area contributed by atoms with E-state index in [4.69, 9.17) is 14.2 Å². The van der Waals surface area contributed by atoms with Gasteiger partial charge in [-0.1, -0.05) is 6.07 Å². The molecule has 1 aliphatic rings. The normalized spacial score (nSPS) is 16.8. The number of aryl methyl sites for hydroxylation is 1. The van der Waals surface area contributed by atoms with E-state index in [0.29, 0.717) is 32.7 Å². The lowest BCUT2D eigenvalue weighted by Crippen LogP contribution is -2.39. The molecule has 0 saturated heterocycles. The van der Waals surface area contributed by atoms with Crippen LogP contribution in [-0.2, 0) is 9.53 Å². The number of hydrogen-bond donors (Lipinski definition) is 1. The zero-order valence-corrected chi connectivity index (χ0v) is 12.0. The van der Waals surface area contributed by atoms with Gasteiger partial charge in [-0.25, -0.2) is 0 Å². The second kappa shape index (κ2) is 7.14. The smallest absolute Gasteiger partial charge is 0.307 e. The van der Waals surface area contributed by atoms with E-state index in [1.165, 1.54) is 0 Å². The van der Waals surface area contributed by atoms with Gasteiger partial charge >= 0.3 is 5.97 Å². The summed E-state index contributed by atoms with van der Waals surface area (Å²) in [5.74, 6) is 1.40. The van der Waals surface area contributed by atoms with E-state index in [0.717, 1.165) is 17.1 Å². The van der Waals surface area contributed by atoms with Crippen LogP contribution in [0.1, 0.15) is 18.9 Å². The Hall–Kier alpha value is -1.75. The molecule has 0 fully saturated rings. The van der Waals surface area contributed by atoms with Crippen LogP contribution < -0.4 is 14.8 Å². The summed E-state index contributed by atoms with van der Waals surface area (Å²) in [5, 5.41) is 3.18. The SMILES string of the molecule is CCOC(=O)CCNCC1COc2cc(C)ccc2O1. The highest BCUT2D eigenvalue weighted by Crippen LogP contribution is 2.32. The van der Waals surface area contributed by atoms with Gasteiger partial charge in [0.15, 0.2) is 11.5 Å². The number of rotatable bonds is 6. The predicted octanol–water partition coefficient (Wildman–Crippen LogP) is 1.68. The van der Waals surface area contributed by atoms with Crippen molar-refractivity contribution in [2.75, 3.05) is 26.3 Å². The Labute approximate surface area is 119 Å². The summed E-state index contributed by atoms with van der Waals surface area (Å²) in [7, 11) is 0. The molecule has 0 bridgehead atoms. The number of benzene rings is 1. The molecule has 1 atom stereocenters. The molecular formula is C15H21NO4. The molecule has 0 amide bonds. The first-order valence-corrected chi connectivity index (χ1v) is 6.95. The van der Waals surface area contributed by atoms with Gasteiger partial charge < -0.3 is 19.5 Å². The molecule has 5 heteroatoms. The van der Waals surface area contributed by atoms with Crippen LogP contribution in [-0.4, -0.2) is 38.4 Å². The Morgan fingerprint density at radius 1 is 1.45 bits per heavy atom. The molecule has 1 heterocycles. The van der Waals surface area contributed by atoms with Crippen LogP contribution in [0, 0.1) is 6.92 Å². The maximum atomic E-state index is 11.2. The van der Waals surface area contributed by atoms with Crippen molar-refractivity contribution in [3.63, 3.8) is 0 Å². The molecule has 5 nitrogen and oxygen atoms in total. The average Bonchev–Trinajstić information content (AvgIpc) is 2.44. The molecule has 1 aromatic rings. The van der Waals surface area contributed by atoms with Crippen molar-refractivity contribution in [2.45, 2.75) is 26.4 Å². The summed E-state index contributed by atoms with van der Waals surface area (Å²) < 4.78 is 16.4. The highest BCUT2D eigenvalue weighted by molar-refractivity contribution is 5.69. The van der Waals surface area contributed by atoms with Gasteiger partial charge in [0.05, 0.1) is 13.0 Å². The molecule has 0 saturated carbocycles. The fraction of sp³-hybridized carbons (Fsp3) is 0.533. The first-order chi connectivity index (χ1) is 9.69. The molecule has 1 aromatic carbocycles. The Kier molecular flexibility index (Phi) is 5.24. The quantitative estimate of drug-likeness (QED) is 0.634. The van der Waals surface area contributed by atoms with Crippen molar-refractivity contribution in [2.24, 2.45) is 0 Å². The molecule has 2 rings (SSSR count). The van der Waals surface area contributed by atoms with Crippen LogP contribution >= 0.6 is 0 Å². The number of carbonyl (C=O) groups is 1. The molecule has 0 spiro atoms. The zero-order chi connectivity index (χ0) is 14.4. The van der Waals surface area contributed by atoms with Crippen LogP contribution in [0.4, 0.5) is 0 Å². The monoisotopic (exact) mass is 279 g/mol. The van der Waals surface area contributed by atoms with Gasteiger partial charge in [0.1, 0.15) is 12.7 Å². The summed E-state index contributed by atoms with van der Waals surface area (Å²) in [4.78, 5) is 11.2. The van der Waals surface area contributed by atoms with Crippen molar-refractivity contribution in [1.29, 1.82) is 0 Å². The molecule has 110 valence electrons. The highest BCUT2D eigenvalue weighted by Gasteiger charge is 2.20. The summed E-state index contributed by atoms with van der Waals surface area (Å²) in [6.45, 7) is 5.99. The van der Waals surface area contributed by atoms with Crippen molar-refractivity contribution >= 4 is 5.97 Å². The van der Waals surface area contributed by atoms with Crippen molar-refractivity contribution in [3.05, 3.63) is 23.8 Å². The van der Waals surface area contributed by atoms with Gasteiger partial charge in [-0.3, -0.25) is 4.79 Å². The molecule has 1 N–H and O–H groups in total. The van der Waals surface area contributed by atoms with Gasteiger partial charge in [-0.15, -0.1) is 0 Å². The van der Waals surface area contributed by atoms with Gasteiger partial charge in [-0.2, -0.15) is 0 Å². The lowest BCUT2D eigenvalue weighted by molar-refractivity contribution is -0.142. The van der Waals surface area contributed by atoms with Crippen LogP contribution in [0.3, 0.4) is 0 Å². The van der Waals surface area contributed by atoms with Crippen molar-refractivity contribution in [1.82, 2.24) is 5.32 Å². The Balaban J connectivity index is 1.71. The lowest BCUT2D eigenvalue weighted by atomic mass is 10.2. The van der Waals surface area contributed by atoms with Crippen molar-refractivity contribution in [3.8, 4) is 11.5 Å². The fourth-order valence-corrected chi connectivity index (χ4v) is 2.01. The van der Waals surface area contributed by atoms with E-state index in [1.807, 2.05) is 25.1 Å². The number of carbonyl (C=O) groups excluding carboxylic acids is 1. The lowest BCUT2D eigenvalue weighted by Gasteiger charge is -2.27. The fourth-order valence-electron chi connectivity index (χ4n) is 2.01. The molecule has 0 radical (unpaired) electrons. The third kappa shape index (κ3) is 4.13. The van der Waals surface area contributed by atoms with E-state index in [1.54, 1.807) is 6.92 Å². The van der Waals surface area contributed by atoms with Crippen LogP contribution in [0.2, 0.25) is 0 Å². The number of esters is 1. The summed E-state index contributed by atoms with van der Waals surface area (Å²) >= 11 is 0. The third-order valence-electron chi connectivity index (χ3n) is 3.00. The molecular weight excluding hydrogens is 258 g/mol. The summed E-state index contributed by atoms with van der Waals surface area (Å²) in [6, 6.07) is 5.90. The second-order valence-electron chi connectivity index (χ2n) is 4.76. The average molecular weight is 279 g/mol. The Morgan fingerprint density at radius 2 is 2.30 bits per heavy atom. The predicted molar refractivity (Wildman–Crippen MR) is 75.2 cm³/mol. The van der Waals surface area contributed by atoms with E-state index >= 15 is 0 Å². The van der Waals surface area contributed by atoms with Crippen LogP contribution in [0.5, 0.6) is 11.5 Å². The summed E-state index contributed by atoms with van der Waals surface area (Å²) in [5.41, 5.74) is 1.15. The zero-order valence-electron chi connectivity index (χ0n) is 12.0. The Bertz CT molecular complexity index is 461. The minimum atomic E-state index is -0.179. The maximum absolute atomic E-state index is 11.2. The van der Waals surface area contributed by atoms with Crippen molar-refractivity contribution < 1.29 is 19.0 Å². The van der Waals surface area contributed by atoms with Crippen LogP contribution in [0.25, 0.3) is 0 Å². The highest BCUT2D eigenvalue weighted by atomic mass is 16.6. The first-order valence-electron chi connectivity index (χ1n) is 6.95. The van der Waals surface area contributed by atoms with E-state index in [9.17, 15) is 4.79 Å². The van der Waals surface area contributed by atoms with E-state index in [2.05, 4.69) is 5.32 Å². The largest absolute Gasteiger partial charge is 0.486 e. The van der Waals surface area contributed by atoms with Crippen LogP contribution in [0.15, 0.2) is 18.2 Å². The van der Waals surface area contributed by atoms with E-state index < -0.39 is 0 Å². The second-order valence-corrected chi connectivity index (χ2v) is 4.76. The van der Waals surface area contributed by atoms with E-state index in [-0.39, 0.29) is 12.1 Å². The number of nitrogens with one attached hydrogen (secondary N) is 1. The molecule has 1 unspecified atom stereocenters. The molecule has 1 aliphatic heterocycles. The number of hydrogen-bond acceptors (Lipinski definition) is 5. The molecule has 0 aliphatic carbocycles. The van der Waals surface area contributed by atoms with Gasteiger partial charge in [0.2, 0.25) is 0 Å². The first kappa shape index (κ1) is 14.7. The van der Waals surface area contributed by atoms with Gasteiger partial charge in [0.25, 0.3) is 0 Å². The van der Waals surface area contributed by atoms with Gasteiger partial charge in [0, 0.05) is 13.1 Å². The Morgan fingerprint density at radius 3 is 3.10 bits per heavy atom. The third-order valence-corrected chi connectivity index (χ3v) is 3.00. The molecule has 0 aromatic heterocycles.